The number of para-hydroxylation sites is 2. The SMILES string of the molecule is COc1cc(Nc2nc3ccccc3nc2N(c2cccc(NC(=O)CNCc3ccc(C)cc3C)c2)S(=O)O)cc(OC)c1. The largest absolute Gasteiger partial charge is 0.497 e. The topological polar surface area (TPSA) is 138 Å². The first-order valence-corrected chi connectivity index (χ1v) is 15.1. The molecule has 232 valence electrons. The highest BCUT2D eigenvalue weighted by Gasteiger charge is 2.24. The van der Waals surface area contributed by atoms with E-state index in [4.69, 9.17) is 19.4 Å². The number of rotatable bonds is 12. The summed E-state index contributed by atoms with van der Waals surface area (Å²) in [6, 6.07) is 25.3. The van der Waals surface area contributed by atoms with E-state index in [9.17, 15) is 13.6 Å². The van der Waals surface area contributed by atoms with Gasteiger partial charge in [-0.2, -0.15) is 0 Å². The van der Waals surface area contributed by atoms with Gasteiger partial charge in [0.05, 0.1) is 37.5 Å². The summed E-state index contributed by atoms with van der Waals surface area (Å²) in [7, 11) is 3.09. The lowest BCUT2D eigenvalue weighted by Gasteiger charge is -2.23. The molecule has 1 heterocycles. The summed E-state index contributed by atoms with van der Waals surface area (Å²) < 4.78 is 35.4. The highest BCUT2D eigenvalue weighted by molar-refractivity contribution is 7.81. The average molecular weight is 627 g/mol. The van der Waals surface area contributed by atoms with Gasteiger partial charge in [0.2, 0.25) is 5.91 Å². The number of carbonyl (C=O) groups is 1. The maximum atomic E-state index is 12.9. The smallest absolute Gasteiger partial charge is 0.268 e. The molecule has 0 saturated heterocycles. The quantitative estimate of drug-likeness (QED) is 0.123. The van der Waals surface area contributed by atoms with Gasteiger partial charge in [-0.3, -0.25) is 9.35 Å². The fraction of sp³-hybridized carbons (Fsp3) is 0.182. The fourth-order valence-electron chi connectivity index (χ4n) is 4.79. The van der Waals surface area contributed by atoms with Crippen molar-refractivity contribution in [2.75, 3.05) is 35.7 Å². The van der Waals surface area contributed by atoms with Crippen LogP contribution in [0.4, 0.5) is 28.7 Å². The van der Waals surface area contributed by atoms with Gasteiger partial charge < -0.3 is 25.4 Å². The normalized spacial score (nSPS) is 11.6. The van der Waals surface area contributed by atoms with Gasteiger partial charge in [0.15, 0.2) is 11.6 Å². The lowest BCUT2D eigenvalue weighted by molar-refractivity contribution is -0.115. The van der Waals surface area contributed by atoms with E-state index in [0.717, 1.165) is 15.4 Å². The predicted molar refractivity (Wildman–Crippen MR) is 178 cm³/mol. The van der Waals surface area contributed by atoms with Crippen molar-refractivity contribution in [3.63, 3.8) is 0 Å². The molecule has 5 rings (SSSR count). The molecule has 1 atom stereocenters. The number of aromatic nitrogens is 2. The van der Waals surface area contributed by atoms with E-state index >= 15 is 0 Å². The molecule has 0 spiro atoms. The lowest BCUT2D eigenvalue weighted by Crippen LogP contribution is -2.28. The number of nitrogens with one attached hydrogen (secondary N) is 3. The molecule has 4 N–H and O–H groups in total. The van der Waals surface area contributed by atoms with Gasteiger partial charge in [-0.05, 0) is 55.3 Å². The molecule has 0 radical (unpaired) electrons. The van der Waals surface area contributed by atoms with Crippen molar-refractivity contribution in [2.24, 2.45) is 0 Å². The second kappa shape index (κ2) is 14.2. The van der Waals surface area contributed by atoms with Crippen LogP contribution >= 0.6 is 0 Å². The van der Waals surface area contributed by atoms with Gasteiger partial charge in [-0.15, -0.1) is 0 Å². The summed E-state index contributed by atoms with van der Waals surface area (Å²) in [4.78, 5) is 22.2. The highest BCUT2D eigenvalue weighted by atomic mass is 32.2. The molecule has 0 saturated carbocycles. The molecule has 0 aliphatic heterocycles. The number of carbonyl (C=O) groups excluding carboxylic acids is 1. The van der Waals surface area contributed by atoms with E-state index in [2.05, 4.69) is 22.0 Å². The van der Waals surface area contributed by atoms with Crippen molar-refractivity contribution in [2.45, 2.75) is 20.4 Å². The zero-order valence-corrected chi connectivity index (χ0v) is 26.1. The first kappa shape index (κ1) is 31.4. The predicted octanol–water partition coefficient (Wildman–Crippen LogP) is 6.01. The maximum Gasteiger partial charge on any atom is 0.268 e. The van der Waals surface area contributed by atoms with Crippen LogP contribution < -0.4 is 29.7 Å². The Kier molecular flexibility index (Phi) is 9.88. The summed E-state index contributed by atoms with van der Waals surface area (Å²) >= 11 is -2.56. The Balaban J connectivity index is 1.42. The van der Waals surface area contributed by atoms with Gasteiger partial charge in [0.25, 0.3) is 11.3 Å². The number of benzene rings is 4. The Morgan fingerprint density at radius 2 is 1.58 bits per heavy atom. The molecule has 0 aliphatic carbocycles. The minimum atomic E-state index is -2.56. The van der Waals surface area contributed by atoms with Gasteiger partial charge in [0.1, 0.15) is 11.5 Å². The third-order valence-corrected chi connectivity index (χ3v) is 7.67. The number of ether oxygens (including phenoxy) is 2. The summed E-state index contributed by atoms with van der Waals surface area (Å²) in [6.07, 6.45) is 0. The summed E-state index contributed by atoms with van der Waals surface area (Å²) in [6.45, 7) is 4.72. The van der Waals surface area contributed by atoms with Crippen molar-refractivity contribution in [1.82, 2.24) is 15.3 Å². The Bertz CT molecular complexity index is 1850. The Hall–Kier alpha value is -5.04. The molecular weight excluding hydrogens is 592 g/mol. The molecule has 1 aromatic heterocycles. The molecule has 1 unspecified atom stereocenters. The van der Waals surface area contributed by atoms with Gasteiger partial charge in [-0.25, -0.2) is 18.5 Å². The molecule has 11 nitrogen and oxygen atoms in total. The number of hydrogen-bond donors (Lipinski definition) is 4. The van der Waals surface area contributed by atoms with E-state index in [-0.39, 0.29) is 24.1 Å². The monoisotopic (exact) mass is 626 g/mol. The number of nitrogens with zero attached hydrogens (tertiary/aromatic N) is 3. The van der Waals surface area contributed by atoms with E-state index in [1.54, 1.807) is 68.8 Å². The Morgan fingerprint density at radius 3 is 2.24 bits per heavy atom. The standard InChI is InChI=1S/C33H34N6O5S/c1-21-12-13-23(22(2)14-21)19-34-20-31(40)35-24-8-7-9-26(15-24)39(45(41)42)33-32(37-29-10-5-6-11-30(29)38-33)36-25-16-27(43-3)18-28(17-25)44-4/h5-18,34H,19-20H2,1-4H3,(H,35,40)(H,36,37)(H,41,42). The maximum absolute atomic E-state index is 12.9. The number of aryl methyl sites for hydroxylation is 2. The van der Waals surface area contributed by atoms with Crippen LogP contribution in [-0.4, -0.2) is 45.4 Å². The second-order valence-electron chi connectivity index (χ2n) is 10.3. The summed E-state index contributed by atoms with van der Waals surface area (Å²) in [5.74, 6) is 1.14. The van der Waals surface area contributed by atoms with E-state index in [1.807, 2.05) is 38.1 Å². The first-order valence-electron chi connectivity index (χ1n) is 14.1. The van der Waals surface area contributed by atoms with E-state index in [0.29, 0.717) is 46.1 Å². The molecule has 45 heavy (non-hydrogen) atoms. The van der Waals surface area contributed by atoms with Crippen LogP contribution in [0.3, 0.4) is 0 Å². The average Bonchev–Trinajstić information content (AvgIpc) is 3.02. The van der Waals surface area contributed by atoms with Crippen molar-refractivity contribution < 1.29 is 23.0 Å². The van der Waals surface area contributed by atoms with Crippen molar-refractivity contribution in [3.8, 4) is 11.5 Å². The molecule has 5 aromatic rings. The minimum Gasteiger partial charge on any atom is -0.497 e. The third kappa shape index (κ3) is 7.73. The van der Waals surface area contributed by atoms with Crippen molar-refractivity contribution in [3.05, 3.63) is 102 Å². The number of fused-ring (bicyclic) bond motifs is 1. The molecule has 12 heteroatoms. The lowest BCUT2D eigenvalue weighted by atomic mass is 10.1. The number of amides is 1. The van der Waals surface area contributed by atoms with Crippen LogP contribution in [0.25, 0.3) is 11.0 Å². The highest BCUT2D eigenvalue weighted by Crippen LogP contribution is 2.36. The zero-order chi connectivity index (χ0) is 31.9. The molecule has 0 bridgehead atoms. The fourth-order valence-corrected chi connectivity index (χ4v) is 5.36. The van der Waals surface area contributed by atoms with E-state index in [1.165, 1.54) is 5.56 Å². The molecule has 4 aromatic carbocycles. The zero-order valence-electron chi connectivity index (χ0n) is 25.3. The summed E-state index contributed by atoms with van der Waals surface area (Å²) in [5.41, 5.74) is 5.89. The van der Waals surface area contributed by atoms with Crippen LogP contribution in [0.2, 0.25) is 0 Å². The van der Waals surface area contributed by atoms with Crippen LogP contribution in [0.1, 0.15) is 16.7 Å². The van der Waals surface area contributed by atoms with Crippen LogP contribution in [0.5, 0.6) is 11.5 Å². The second-order valence-corrected chi connectivity index (χ2v) is 11.1. The summed E-state index contributed by atoms with van der Waals surface area (Å²) in [5, 5.41) is 9.24. The van der Waals surface area contributed by atoms with Crippen LogP contribution in [0, 0.1) is 13.8 Å². The van der Waals surface area contributed by atoms with Crippen LogP contribution in [-0.2, 0) is 22.6 Å². The van der Waals surface area contributed by atoms with Crippen molar-refractivity contribution in [1.29, 1.82) is 0 Å². The third-order valence-electron chi connectivity index (χ3n) is 6.98. The Labute approximate surface area is 264 Å². The minimum absolute atomic E-state index is 0.0847. The van der Waals surface area contributed by atoms with Gasteiger partial charge in [-0.1, -0.05) is 42.0 Å². The molecule has 0 aliphatic rings. The number of hydrogen-bond acceptors (Lipinski definition) is 8. The van der Waals surface area contributed by atoms with Gasteiger partial charge >= 0.3 is 0 Å². The first-order chi connectivity index (χ1) is 21.7. The molecule has 0 fully saturated rings. The number of anilines is 5. The number of methoxy groups -OCH3 is 2. The molecule has 1 amide bonds. The Morgan fingerprint density at radius 1 is 0.867 bits per heavy atom. The van der Waals surface area contributed by atoms with Crippen molar-refractivity contribution >= 4 is 56.9 Å². The molecular formula is C33H34N6O5S. The van der Waals surface area contributed by atoms with Gasteiger partial charge in [0, 0.05) is 36.1 Å². The van der Waals surface area contributed by atoms with E-state index < -0.39 is 11.3 Å². The van der Waals surface area contributed by atoms with Crippen LogP contribution in [0.15, 0.2) is 84.9 Å².